The summed E-state index contributed by atoms with van der Waals surface area (Å²) in [5, 5.41) is 0. The summed E-state index contributed by atoms with van der Waals surface area (Å²) in [4.78, 5) is 27.5. The molecule has 0 fully saturated rings. The monoisotopic (exact) mass is 758 g/mol. The molecule has 54 heavy (non-hydrogen) atoms. The highest BCUT2D eigenvalue weighted by atomic mass is 16.5. The molecule has 1 aromatic carbocycles. The highest BCUT2D eigenvalue weighted by Gasteiger charge is 2.14. The van der Waals surface area contributed by atoms with Crippen molar-refractivity contribution in [2.24, 2.45) is 0 Å². The summed E-state index contributed by atoms with van der Waals surface area (Å²) < 4.78 is 16.9. The third kappa shape index (κ3) is 31.2. The number of benzene rings is 1. The SMILES string of the molecule is CCCCCCCCC(CCCCCCCC)OC(=O)CCCCCCCN(CCCCCCCC(=O)OCCCCCCC)Cc1ccc(OC)cc1. The normalized spacial score (nSPS) is 11.4. The Bertz CT molecular complexity index is 950. The van der Waals surface area contributed by atoms with Gasteiger partial charge in [0.1, 0.15) is 11.9 Å². The topological polar surface area (TPSA) is 65.1 Å². The minimum atomic E-state index is -0.0256. The summed E-state index contributed by atoms with van der Waals surface area (Å²) >= 11 is 0. The zero-order chi connectivity index (χ0) is 39.2. The van der Waals surface area contributed by atoms with Gasteiger partial charge in [-0.25, -0.2) is 0 Å². The lowest BCUT2D eigenvalue weighted by atomic mass is 10.0. The van der Waals surface area contributed by atoms with Crippen LogP contribution in [0.4, 0.5) is 0 Å². The molecule has 1 aromatic rings. The van der Waals surface area contributed by atoms with Gasteiger partial charge in [0.2, 0.25) is 0 Å². The molecule has 0 amide bonds. The maximum atomic E-state index is 12.8. The molecule has 0 radical (unpaired) electrons. The molecule has 0 aliphatic rings. The molecule has 0 atom stereocenters. The Morgan fingerprint density at radius 1 is 0.519 bits per heavy atom. The Hall–Kier alpha value is -2.08. The summed E-state index contributed by atoms with van der Waals surface area (Å²) in [6.45, 7) is 10.5. The van der Waals surface area contributed by atoms with E-state index in [1.807, 2.05) is 0 Å². The molecule has 0 heterocycles. The summed E-state index contributed by atoms with van der Waals surface area (Å²) in [5.41, 5.74) is 1.32. The standard InChI is InChI=1S/C48H87NO5/c1-5-8-11-14-18-25-32-46(33-26-19-15-12-9-6-2)54-48(51)35-28-21-17-23-30-41-49(43-44-36-38-45(52-4)39-37-44)40-29-22-16-20-27-34-47(50)53-42-31-24-13-10-7-3/h36-39,46H,5-35,40-43H2,1-4H3. The number of hydrogen-bond donors (Lipinski definition) is 0. The lowest BCUT2D eigenvalue weighted by Gasteiger charge is -2.22. The summed E-state index contributed by atoms with van der Waals surface area (Å²) in [7, 11) is 1.72. The fourth-order valence-corrected chi connectivity index (χ4v) is 7.30. The Morgan fingerprint density at radius 3 is 1.44 bits per heavy atom. The molecular formula is C48H87NO5. The maximum Gasteiger partial charge on any atom is 0.306 e. The number of esters is 2. The third-order valence-corrected chi connectivity index (χ3v) is 10.8. The van der Waals surface area contributed by atoms with Crippen LogP contribution < -0.4 is 4.74 Å². The van der Waals surface area contributed by atoms with Gasteiger partial charge in [0.05, 0.1) is 13.7 Å². The summed E-state index contributed by atoms with van der Waals surface area (Å²) in [5.74, 6) is 0.897. The number of ether oxygens (including phenoxy) is 3. The first-order valence-corrected chi connectivity index (χ1v) is 23.2. The summed E-state index contributed by atoms with van der Waals surface area (Å²) in [6, 6.07) is 8.48. The van der Waals surface area contributed by atoms with Crippen molar-refractivity contribution >= 4 is 11.9 Å². The molecule has 0 saturated carbocycles. The highest BCUT2D eigenvalue weighted by molar-refractivity contribution is 5.69. The van der Waals surface area contributed by atoms with Gasteiger partial charge in [0, 0.05) is 19.4 Å². The second-order valence-electron chi connectivity index (χ2n) is 16.0. The Morgan fingerprint density at radius 2 is 0.944 bits per heavy atom. The third-order valence-electron chi connectivity index (χ3n) is 10.8. The van der Waals surface area contributed by atoms with E-state index in [2.05, 4.69) is 49.9 Å². The van der Waals surface area contributed by atoms with E-state index >= 15 is 0 Å². The average Bonchev–Trinajstić information content (AvgIpc) is 3.18. The van der Waals surface area contributed by atoms with Gasteiger partial charge in [-0.3, -0.25) is 14.5 Å². The molecule has 0 aliphatic carbocycles. The van der Waals surface area contributed by atoms with Crippen LogP contribution in [0.1, 0.15) is 225 Å². The predicted molar refractivity (Wildman–Crippen MR) is 229 cm³/mol. The number of methoxy groups -OCH3 is 1. The first kappa shape index (κ1) is 49.9. The van der Waals surface area contributed by atoms with Crippen LogP contribution in [0.25, 0.3) is 0 Å². The quantitative estimate of drug-likeness (QED) is 0.0491. The van der Waals surface area contributed by atoms with Gasteiger partial charge in [0.15, 0.2) is 0 Å². The smallest absolute Gasteiger partial charge is 0.306 e. The van der Waals surface area contributed by atoms with E-state index in [1.165, 1.54) is 140 Å². The molecule has 6 nitrogen and oxygen atoms in total. The lowest BCUT2D eigenvalue weighted by molar-refractivity contribution is -0.150. The van der Waals surface area contributed by atoms with Crippen molar-refractivity contribution in [1.29, 1.82) is 0 Å². The maximum absolute atomic E-state index is 12.8. The number of unbranched alkanes of at least 4 members (excludes halogenated alkanes) is 22. The van der Waals surface area contributed by atoms with E-state index in [4.69, 9.17) is 14.2 Å². The molecule has 0 N–H and O–H groups in total. The van der Waals surface area contributed by atoms with Crippen LogP contribution in [0.15, 0.2) is 24.3 Å². The fourth-order valence-electron chi connectivity index (χ4n) is 7.30. The average molecular weight is 758 g/mol. The number of rotatable bonds is 40. The summed E-state index contributed by atoms with van der Waals surface area (Å²) in [6.07, 6.45) is 35.8. The van der Waals surface area contributed by atoms with Gasteiger partial charge in [-0.2, -0.15) is 0 Å². The van der Waals surface area contributed by atoms with Gasteiger partial charge in [-0.1, -0.05) is 161 Å². The molecule has 0 aromatic heterocycles. The van der Waals surface area contributed by atoms with E-state index in [1.54, 1.807) is 7.11 Å². The molecule has 314 valence electrons. The van der Waals surface area contributed by atoms with Crippen molar-refractivity contribution in [3.8, 4) is 5.75 Å². The van der Waals surface area contributed by atoms with Crippen molar-refractivity contribution in [3.05, 3.63) is 29.8 Å². The van der Waals surface area contributed by atoms with Crippen LogP contribution in [0.5, 0.6) is 5.75 Å². The second kappa shape index (κ2) is 37.8. The number of carbonyl (C=O) groups excluding carboxylic acids is 2. The van der Waals surface area contributed by atoms with Crippen LogP contribution in [-0.2, 0) is 25.6 Å². The number of carbonyl (C=O) groups is 2. The minimum Gasteiger partial charge on any atom is -0.497 e. The van der Waals surface area contributed by atoms with E-state index in [0.29, 0.717) is 19.4 Å². The van der Waals surface area contributed by atoms with Crippen molar-refractivity contribution in [1.82, 2.24) is 4.90 Å². The minimum absolute atomic E-state index is 0.0238. The van der Waals surface area contributed by atoms with Gasteiger partial charge in [-0.05, 0) is 88.6 Å². The fraction of sp³-hybridized carbons (Fsp3) is 0.833. The van der Waals surface area contributed by atoms with E-state index in [0.717, 1.165) is 76.8 Å². The Labute approximate surface area is 334 Å². The number of hydrogen-bond acceptors (Lipinski definition) is 6. The van der Waals surface area contributed by atoms with Gasteiger partial charge < -0.3 is 14.2 Å². The predicted octanol–water partition coefficient (Wildman–Crippen LogP) is 14.1. The van der Waals surface area contributed by atoms with E-state index in [-0.39, 0.29) is 18.0 Å². The molecule has 0 unspecified atom stereocenters. The molecule has 0 saturated heterocycles. The van der Waals surface area contributed by atoms with Gasteiger partial charge in [-0.15, -0.1) is 0 Å². The first-order chi connectivity index (χ1) is 26.5. The molecule has 0 spiro atoms. The molecular weight excluding hydrogens is 671 g/mol. The van der Waals surface area contributed by atoms with Crippen LogP contribution >= 0.6 is 0 Å². The number of nitrogens with zero attached hydrogens (tertiary/aromatic N) is 1. The van der Waals surface area contributed by atoms with Crippen molar-refractivity contribution < 1.29 is 23.8 Å². The molecule has 0 bridgehead atoms. The van der Waals surface area contributed by atoms with Crippen molar-refractivity contribution in [2.45, 2.75) is 232 Å². The van der Waals surface area contributed by atoms with Crippen LogP contribution in [0.2, 0.25) is 0 Å². The van der Waals surface area contributed by atoms with Gasteiger partial charge in [0.25, 0.3) is 0 Å². The zero-order valence-electron chi connectivity index (χ0n) is 36.1. The Kier molecular flexibility index (Phi) is 35.0. The molecule has 1 rings (SSSR count). The van der Waals surface area contributed by atoms with Crippen LogP contribution in [0.3, 0.4) is 0 Å². The van der Waals surface area contributed by atoms with Crippen molar-refractivity contribution in [3.63, 3.8) is 0 Å². The Balaban J connectivity index is 2.34. The van der Waals surface area contributed by atoms with Crippen molar-refractivity contribution in [2.75, 3.05) is 26.8 Å². The van der Waals surface area contributed by atoms with Crippen LogP contribution in [0, 0.1) is 0 Å². The molecule has 6 heteroatoms. The molecule has 0 aliphatic heterocycles. The highest BCUT2D eigenvalue weighted by Crippen LogP contribution is 2.19. The van der Waals surface area contributed by atoms with Crippen LogP contribution in [-0.4, -0.2) is 49.7 Å². The zero-order valence-corrected chi connectivity index (χ0v) is 36.1. The largest absolute Gasteiger partial charge is 0.497 e. The van der Waals surface area contributed by atoms with E-state index < -0.39 is 0 Å². The van der Waals surface area contributed by atoms with E-state index in [9.17, 15) is 9.59 Å². The first-order valence-electron chi connectivity index (χ1n) is 23.2. The second-order valence-corrected chi connectivity index (χ2v) is 16.0. The lowest BCUT2D eigenvalue weighted by Crippen LogP contribution is -2.25. The van der Waals surface area contributed by atoms with Gasteiger partial charge >= 0.3 is 11.9 Å².